The first-order chi connectivity index (χ1) is 10.3. The Kier molecular flexibility index (Phi) is 4.59. The van der Waals surface area contributed by atoms with Gasteiger partial charge in [-0.15, -0.1) is 0 Å². The van der Waals surface area contributed by atoms with E-state index in [2.05, 4.69) is 41.9 Å². The number of nitrogens with one attached hydrogen (secondary N) is 1. The van der Waals surface area contributed by atoms with E-state index in [1.807, 2.05) is 0 Å². The summed E-state index contributed by atoms with van der Waals surface area (Å²) in [5.74, 6) is 1.88. The van der Waals surface area contributed by atoms with Crippen molar-refractivity contribution in [1.29, 1.82) is 0 Å². The summed E-state index contributed by atoms with van der Waals surface area (Å²) in [6, 6.07) is 6.69. The first kappa shape index (κ1) is 14.6. The lowest BCUT2D eigenvalue weighted by Crippen LogP contribution is -2.30. The van der Waals surface area contributed by atoms with Gasteiger partial charge in [-0.2, -0.15) is 0 Å². The molecule has 0 spiro atoms. The Morgan fingerprint density at radius 3 is 3.00 bits per heavy atom. The SMILES string of the molecule is CCCCCn1c(C2CCCNC2)nc2cc(C)ccc21. The molecular formula is C18H27N3. The van der Waals surface area contributed by atoms with Crippen molar-refractivity contribution in [3.05, 3.63) is 29.6 Å². The van der Waals surface area contributed by atoms with Crippen LogP contribution in [0.5, 0.6) is 0 Å². The Morgan fingerprint density at radius 2 is 2.24 bits per heavy atom. The molecule has 3 rings (SSSR count). The van der Waals surface area contributed by atoms with Crippen molar-refractivity contribution in [2.24, 2.45) is 0 Å². The number of rotatable bonds is 5. The van der Waals surface area contributed by atoms with Gasteiger partial charge in [0, 0.05) is 19.0 Å². The molecule has 0 radical (unpaired) electrons. The van der Waals surface area contributed by atoms with Crippen LogP contribution in [0.3, 0.4) is 0 Å². The summed E-state index contributed by atoms with van der Waals surface area (Å²) in [5.41, 5.74) is 3.79. The highest BCUT2D eigenvalue weighted by atomic mass is 15.1. The third kappa shape index (κ3) is 3.13. The summed E-state index contributed by atoms with van der Waals surface area (Å²) >= 11 is 0. The van der Waals surface area contributed by atoms with Crippen molar-refractivity contribution in [3.63, 3.8) is 0 Å². The number of aryl methyl sites for hydroxylation is 2. The molecule has 3 nitrogen and oxygen atoms in total. The van der Waals surface area contributed by atoms with Gasteiger partial charge in [-0.1, -0.05) is 25.8 Å². The number of benzene rings is 1. The summed E-state index contributed by atoms with van der Waals surface area (Å²) in [5, 5.41) is 3.53. The molecule has 1 aromatic carbocycles. The average Bonchev–Trinajstić information content (AvgIpc) is 2.86. The topological polar surface area (TPSA) is 29.9 Å². The zero-order chi connectivity index (χ0) is 14.7. The third-order valence-electron chi connectivity index (χ3n) is 4.58. The molecule has 114 valence electrons. The molecule has 1 unspecified atom stereocenters. The van der Waals surface area contributed by atoms with Crippen molar-refractivity contribution >= 4 is 11.0 Å². The first-order valence-electron chi connectivity index (χ1n) is 8.47. The van der Waals surface area contributed by atoms with Crippen LogP contribution in [0.25, 0.3) is 11.0 Å². The van der Waals surface area contributed by atoms with Crippen LogP contribution in [0.2, 0.25) is 0 Å². The summed E-state index contributed by atoms with van der Waals surface area (Å²) in [7, 11) is 0. The molecule has 3 heteroatoms. The van der Waals surface area contributed by atoms with Crippen LogP contribution in [0.1, 0.15) is 56.3 Å². The summed E-state index contributed by atoms with van der Waals surface area (Å²) in [6.45, 7) is 7.76. The second-order valence-corrected chi connectivity index (χ2v) is 6.36. The minimum Gasteiger partial charge on any atom is -0.328 e. The number of piperidine rings is 1. The van der Waals surface area contributed by atoms with Gasteiger partial charge in [-0.05, 0) is 50.4 Å². The van der Waals surface area contributed by atoms with E-state index in [4.69, 9.17) is 4.98 Å². The average molecular weight is 285 g/mol. The molecule has 1 aliphatic heterocycles. The fourth-order valence-electron chi connectivity index (χ4n) is 3.40. The quantitative estimate of drug-likeness (QED) is 0.841. The van der Waals surface area contributed by atoms with E-state index in [0.717, 1.165) is 19.6 Å². The Balaban J connectivity index is 1.97. The Labute approximate surface area is 127 Å². The van der Waals surface area contributed by atoms with Crippen LogP contribution in [-0.2, 0) is 6.54 Å². The van der Waals surface area contributed by atoms with Gasteiger partial charge < -0.3 is 9.88 Å². The molecule has 0 aliphatic carbocycles. The maximum Gasteiger partial charge on any atom is 0.114 e. The van der Waals surface area contributed by atoms with Crippen LogP contribution in [-0.4, -0.2) is 22.6 Å². The standard InChI is InChI=1S/C18H27N3/c1-3-4-5-11-21-17-9-8-14(2)12-16(17)20-18(21)15-7-6-10-19-13-15/h8-9,12,15,19H,3-7,10-11,13H2,1-2H3. The van der Waals surface area contributed by atoms with Crippen LogP contribution in [0, 0.1) is 6.92 Å². The number of hydrogen-bond acceptors (Lipinski definition) is 2. The van der Waals surface area contributed by atoms with Crippen molar-refractivity contribution in [1.82, 2.24) is 14.9 Å². The van der Waals surface area contributed by atoms with Crippen LogP contribution >= 0.6 is 0 Å². The van der Waals surface area contributed by atoms with Crippen molar-refractivity contribution in [2.45, 2.75) is 58.4 Å². The number of fused-ring (bicyclic) bond motifs is 1. The predicted octanol–water partition coefficient (Wildman–Crippen LogP) is 4.00. The number of unbranched alkanes of at least 4 members (excludes halogenated alkanes) is 2. The van der Waals surface area contributed by atoms with Gasteiger partial charge in [-0.3, -0.25) is 0 Å². The molecule has 2 heterocycles. The van der Waals surface area contributed by atoms with Crippen LogP contribution in [0.4, 0.5) is 0 Å². The Morgan fingerprint density at radius 1 is 1.33 bits per heavy atom. The van der Waals surface area contributed by atoms with E-state index in [0.29, 0.717) is 5.92 Å². The Bertz CT molecular complexity index is 594. The fraction of sp³-hybridized carbons (Fsp3) is 0.611. The van der Waals surface area contributed by atoms with E-state index in [1.54, 1.807) is 0 Å². The number of imidazole rings is 1. The lowest BCUT2D eigenvalue weighted by atomic mass is 9.99. The first-order valence-corrected chi connectivity index (χ1v) is 8.47. The van der Waals surface area contributed by atoms with Gasteiger partial charge in [0.05, 0.1) is 11.0 Å². The summed E-state index contributed by atoms with van der Waals surface area (Å²) in [6.07, 6.45) is 6.36. The molecule has 1 fully saturated rings. The van der Waals surface area contributed by atoms with E-state index in [9.17, 15) is 0 Å². The van der Waals surface area contributed by atoms with Gasteiger partial charge >= 0.3 is 0 Å². The maximum absolute atomic E-state index is 5.00. The summed E-state index contributed by atoms with van der Waals surface area (Å²) in [4.78, 5) is 5.00. The second-order valence-electron chi connectivity index (χ2n) is 6.36. The summed E-state index contributed by atoms with van der Waals surface area (Å²) < 4.78 is 2.49. The van der Waals surface area contributed by atoms with Gasteiger partial charge in [0.1, 0.15) is 5.82 Å². The van der Waals surface area contributed by atoms with Gasteiger partial charge in [0.2, 0.25) is 0 Å². The Hall–Kier alpha value is -1.35. The lowest BCUT2D eigenvalue weighted by molar-refractivity contribution is 0.431. The molecule has 1 aromatic heterocycles. The van der Waals surface area contributed by atoms with E-state index in [-0.39, 0.29) is 0 Å². The molecule has 1 N–H and O–H groups in total. The van der Waals surface area contributed by atoms with Crippen LogP contribution < -0.4 is 5.32 Å². The minimum atomic E-state index is 0.577. The van der Waals surface area contributed by atoms with E-state index in [1.165, 1.54) is 54.5 Å². The highest BCUT2D eigenvalue weighted by molar-refractivity contribution is 5.77. The van der Waals surface area contributed by atoms with Gasteiger partial charge in [-0.25, -0.2) is 4.98 Å². The van der Waals surface area contributed by atoms with Crippen molar-refractivity contribution in [3.8, 4) is 0 Å². The third-order valence-corrected chi connectivity index (χ3v) is 4.58. The van der Waals surface area contributed by atoms with Crippen LogP contribution in [0.15, 0.2) is 18.2 Å². The monoisotopic (exact) mass is 285 g/mol. The number of nitrogens with zero attached hydrogens (tertiary/aromatic N) is 2. The molecular weight excluding hydrogens is 258 g/mol. The fourth-order valence-corrected chi connectivity index (χ4v) is 3.40. The normalized spacial score (nSPS) is 19.2. The molecule has 0 bridgehead atoms. The molecule has 2 aromatic rings. The molecule has 1 saturated heterocycles. The number of hydrogen-bond donors (Lipinski definition) is 1. The molecule has 0 saturated carbocycles. The minimum absolute atomic E-state index is 0.577. The lowest BCUT2D eigenvalue weighted by Gasteiger charge is -2.23. The molecule has 1 atom stereocenters. The maximum atomic E-state index is 5.00. The molecule has 0 amide bonds. The van der Waals surface area contributed by atoms with Crippen molar-refractivity contribution in [2.75, 3.05) is 13.1 Å². The zero-order valence-corrected chi connectivity index (χ0v) is 13.4. The predicted molar refractivity (Wildman–Crippen MR) is 88.8 cm³/mol. The highest BCUT2D eigenvalue weighted by Crippen LogP contribution is 2.27. The largest absolute Gasteiger partial charge is 0.328 e. The van der Waals surface area contributed by atoms with Gasteiger partial charge in [0.25, 0.3) is 0 Å². The molecule has 1 aliphatic rings. The van der Waals surface area contributed by atoms with Gasteiger partial charge in [0.15, 0.2) is 0 Å². The smallest absolute Gasteiger partial charge is 0.114 e. The van der Waals surface area contributed by atoms with E-state index >= 15 is 0 Å². The highest BCUT2D eigenvalue weighted by Gasteiger charge is 2.22. The van der Waals surface area contributed by atoms with Crippen molar-refractivity contribution < 1.29 is 0 Å². The second kappa shape index (κ2) is 6.61. The number of aromatic nitrogens is 2. The molecule has 21 heavy (non-hydrogen) atoms. The van der Waals surface area contributed by atoms with E-state index < -0.39 is 0 Å². The zero-order valence-electron chi connectivity index (χ0n) is 13.4.